The minimum Gasteiger partial charge on any atom is -0.272 e. The molecule has 2 aromatic carbocycles. The van der Waals surface area contributed by atoms with Gasteiger partial charge in [0.15, 0.2) is 11.0 Å². The standard InChI is InChI=1S/C22H18ClN5OS/c23-17-10-8-16(9-11-17)14-28-20-7-2-1-6-19(20)26-22(28)30-15-21(29)27-25-13-18-5-3-4-12-24-18/h1-13H,14-15H2,(H,24,27,29)/p+1. The van der Waals surface area contributed by atoms with Gasteiger partial charge >= 0.3 is 5.16 Å². The first-order valence-corrected chi connectivity index (χ1v) is 10.7. The number of imidazole rings is 1. The third-order valence-corrected chi connectivity index (χ3v) is 5.60. The van der Waals surface area contributed by atoms with Crippen molar-refractivity contribution in [1.82, 2.24) is 15.4 Å². The van der Waals surface area contributed by atoms with Crippen molar-refractivity contribution in [2.75, 3.05) is 5.75 Å². The summed E-state index contributed by atoms with van der Waals surface area (Å²) in [5.41, 5.74) is 6.44. The first-order chi connectivity index (χ1) is 14.7. The van der Waals surface area contributed by atoms with Gasteiger partial charge in [-0.15, -0.1) is 0 Å². The molecule has 0 radical (unpaired) electrons. The van der Waals surface area contributed by atoms with Crippen molar-refractivity contribution in [1.29, 1.82) is 0 Å². The monoisotopic (exact) mass is 436 g/mol. The number of aromatic nitrogens is 3. The number of carbonyl (C=O) groups excluding carboxylic acids is 1. The molecule has 0 fully saturated rings. The number of thioether (sulfide) groups is 1. The van der Waals surface area contributed by atoms with Crippen molar-refractivity contribution in [3.05, 3.63) is 89.2 Å². The average molecular weight is 437 g/mol. The SMILES string of the molecule is O=C(CSc1[nH]c2ccccc2[n+]1Cc1ccc(Cl)cc1)NN=Cc1ccccn1. The number of amides is 1. The Morgan fingerprint density at radius 2 is 1.93 bits per heavy atom. The molecule has 150 valence electrons. The van der Waals surface area contributed by atoms with E-state index in [9.17, 15) is 4.79 Å². The fraction of sp³-hybridized carbons (Fsp3) is 0.0909. The van der Waals surface area contributed by atoms with E-state index in [0.29, 0.717) is 17.3 Å². The predicted octanol–water partition coefficient (Wildman–Crippen LogP) is 3.79. The highest BCUT2D eigenvalue weighted by molar-refractivity contribution is 7.99. The van der Waals surface area contributed by atoms with E-state index in [2.05, 4.69) is 31.1 Å². The fourth-order valence-electron chi connectivity index (χ4n) is 2.94. The molecule has 0 saturated carbocycles. The molecule has 4 rings (SSSR count). The van der Waals surface area contributed by atoms with Crippen LogP contribution in [-0.2, 0) is 11.3 Å². The van der Waals surface area contributed by atoms with Crippen LogP contribution in [0, 0.1) is 0 Å². The zero-order valence-corrected chi connectivity index (χ0v) is 17.5. The van der Waals surface area contributed by atoms with Crippen molar-refractivity contribution < 1.29 is 9.36 Å². The molecule has 30 heavy (non-hydrogen) atoms. The second-order valence-electron chi connectivity index (χ2n) is 6.50. The molecule has 0 saturated heterocycles. The Kier molecular flexibility index (Phi) is 6.41. The van der Waals surface area contributed by atoms with Crippen molar-refractivity contribution in [3.63, 3.8) is 0 Å². The first kappa shape index (κ1) is 20.1. The number of H-pyrrole nitrogens is 1. The van der Waals surface area contributed by atoms with E-state index in [0.717, 1.165) is 21.8 Å². The number of para-hydroxylation sites is 2. The number of hydrogen-bond acceptors (Lipinski definition) is 4. The van der Waals surface area contributed by atoms with Crippen LogP contribution in [-0.4, -0.2) is 27.8 Å². The third-order valence-electron chi connectivity index (χ3n) is 4.35. The van der Waals surface area contributed by atoms with Crippen LogP contribution in [0.15, 0.2) is 83.2 Å². The Morgan fingerprint density at radius 1 is 1.13 bits per heavy atom. The van der Waals surface area contributed by atoms with Gasteiger partial charge in [0.1, 0.15) is 6.54 Å². The smallest absolute Gasteiger partial charge is 0.272 e. The van der Waals surface area contributed by atoms with Gasteiger partial charge < -0.3 is 0 Å². The largest absolute Gasteiger partial charge is 0.317 e. The maximum Gasteiger partial charge on any atom is 0.317 e. The van der Waals surface area contributed by atoms with E-state index < -0.39 is 0 Å². The van der Waals surface area contributed by atoms with E-state index in [1.54, 1.807) is 6.20 Å². The van der Waals surface area contributed by atoms with Gasteiger partial charge in [-0.1, -0.05) is 41.9 Å². The van der Waals surface area contributed by atoms with Gasteiger partial charge in [-0.2, -0.15) is 5.10 Å². The molecule has 0 aliphatic heterocycles. The van der Waals surface area contributed by atoms with E-state index in [1.165, 1.54) is 18.0 Å². The zero-order valence-electron chi connectivity index (χ0n) is 16.0. The van der Waals surface area contributed by atoms with Gasteiger partial charge in [-0.05, 0) is 53.7 Å². The maximum absolute atomic E-state index is 12.2. The van der Waals surface area contributed by atoms with Gasteiger partial charge in [-0.3, -0.25) is 9.78 Å². The van der Waals surface area contributed by atoms with Gasteiger partial charge in [0.25, 0.3) is 5.91 Å². The molecule has 0 bridgehead atoms. The Balaban J connectivity index is 1.46. The molecule has 1 amide bonds. The van der Waals surface area contributed by atoms with Crippen LogP contribution in [0.1, 0.15) is 11.3 Å². The summed E-state index contributed by atoms with van der Waals surface area (Å²) in [6.07, 6.45) is 3.20. The molecule has 4 aromatic rings. The molecular weight excluding hydrogens is 418 g/mol. The number of rotatable bonds is 7. The summed E-state index contributed by atoms with van der Waals surface area (Å²) in [6.45, 7) is 0.670. The molecule has 2 aromatic heterocycles. The molecule has 0 aliphatic rings. The number of nitrogens with one attached hydrogen (secondary N) is 2. The van der Waals surface area contributed by atoms with Crippen LogP contribution in [0.5, 0.6) is 0 Å². The molecule has 2 N–H and O–H groups in total. The van der Waals surface area contributed by atoms with E-state index >= 15 is 0 Å². The molecule has 6 nitrogen and oxygen atoms in total. The minimum atomic E-state index is -0.191. The Morgan fingerprint density at radius 3 is 2.73 bits per heavy atom. The number of aromatic amines is 1. The van der Waals surface area contributed by atoms with Crippen LogP contribution in [0.4, 0.5) is 0 Å². The van der Waals surface area contributed by atoms with E-state index in [-0.39, 0.29) is 11.7 Å². The van der Waals surface area contributed by atoms with Crippen LogP contribution >= 0.6 is 23.4 Å². The van der Waals surface area contributed by atoms with Gasteiger partial charge in [0.2, 0.25) is 0 Å². The lowest BCUT2D eigenvalue weighted by Crippen LogP contribution is -2.36. The van der Waals surface area contributed by atoms with Crippen LogP contribution < -0.4 is 9.99 Å². The molecule has 0 spiro atoms. The molecule has 0 aliphatic carbocycles. The van der Waals surface area contributed by atoms with Gasteiger partial charge in [-0.25, -0.2) is 15.0 Å². The zero-order chi connectivity index (χ0) is 20.8. The van der Waals surface area contributed by atoms with Crippen LogP contribution in [0.3, 0.4) is 0 Å². The van der Waals surface area contributed by atoms with E-state index in [1.807, 2.05) is 60.7 Å². The lowest BCUT2D eigenvalue weighted by atomic mass is 10.2. The summed E-state index contributed by atoms with van der Waals surface area (Å²) in [4.78, 5) is 19.8. The average Bonchev–Trinajstić information content (AvgIpc) is 3.12. The highest BCUT2D eigenvalue weighted by Crippen LogP contribution is 2.19. The first-order valence-electron chi connectivity index (χ1n) is 9.30. The number of carbonyl (C=O) groups is 1. The van der Waals surface area contributed by atoms with Crippen molar-refractivity contribution in [2.45, 2.75) is 11.7 Å². The summed E-state index contributed by atoms with van der Waals surface area (Å²) in [5, 5.41) is 5.57. The normalized spacial score (nSPS) is 11.2. The third kappa shape index (κ3) is 5.06. The van der Waals surface area contributed by atoms with Gasteiger partial charge in [0, 0.05) is 11.2 Å². The number of pyridine rings is 1. The number of benzene rings is 2. The Labute approximate surface area is 183 Å². The van der Waals surface area contributed by atoms with Crippen molar-refractivity contribution in [3.8, 4) is 0 Å². The molecule has 0 unspecified atom stereocenters. The summed E-state index contributed by atoms with van der Waals surface area (Å²) in [5.74, 6) is 0.0383. The number of hydrazone groups is 1. The Hall–Kier alpha value is -3.16. The summed E-state index contributed by atoms with van der Waals surface area (Å²) >= 11 is 7.44. The number of halogens is 1. The fourth-order valence-corrected chi connectivity index (χ4v) is 3.90. The molecular formula is C22H19ClN5OS+. The summed E-state index contributed by atoms with van der Waals surface area (Å²) < 4.78 is 2.16. The van der Waals surface area contributed by atoms with Gasteiger partial charge in [0.05, 0.1) is 17.7 Å². The predicted molar refractivity (Wildman–Crippen MR) is 120 cm³/mol. The summed E-state index contributed by atoms with van der Waals surface area (Å²) in [7, 11) is 0. The molecule has 8 heteroatoms. The second kappa shape index (κ2) is 9.56. The van der Waals surface area contributed by atoms with Crippen molar-refractivity contribution >= 4 is 46.5 Å². The highest BCUT2D eigenvalue weighted by Gasteiger charge is 2.20. The van der Waals surface area contributed by atoms with Crippen LogP contribution in [0.25, 0.3) is 11.0 Å². The van der Waals surface area contributed by atoms with E-state index in [4.69, 9.17) is 11.6 Å². The topological polar surface area (TPSA) is 74.0 Å². The van der Waals surface area contributed by atoms with Crippen molar-refractivity contribution in [2.24, 2.45) is 5.10 Å². The summed E-state index contributed by atoms with van der Waals surface area (Å²) in [6, 6.07) is 21.3. The number of hydrogen-bond donors (Lipinski definition) is 2. The van der Waals surface area contributed by atoms with Crippen LogP contribution in [0.2, 0.25) is 5.02 Å². The number of fused-ring (bicyclic) bond motifs is 1. The minimum absolute atomic E-state index is 0.191. The lowest BCUT2D eigenvalue weighted by Gasteiger charge is -2.03. The Bertz CT molecular complexity index is 1180. The molecule has 0 atom stereocenters. The highest BCUT2D eigenvalue weighted by atomic mass is 35.5. The second-order valence-corrected chi connectivity index (χ2v) is 7.90. The lowest BCUT2D eigenvalue weighted by molar-refractivity contribution is -0.700. The quantitative estimate of drug-likeness (QED) is 0.200. The maximum atomic E-state index is 12.2. The molecule has 2 heterocycles. The number of nitrogens with zero attached hydrogens (tertiary/aromatic N) is 3.